The molecule has 0 atom stereocenters. The first-order chi connectivity index (χ1) is 4.31. The predicted molar refractivity (Wildman–Crippen MR) is 34.9 cm³/mol. The normalized spacial score (nSPS) is 9.56. The van der Waals surface area contributed by atoms with Crippen LogP contribution >= 0.6 is 0 Å². The smallest absolute Gasteiger partial charge is 0.160 e. The summed E-state index contributed by atoms with van der Waals surface area (Å²) in [5.74, 6) is 0.145. The van der Waals surface area contributed by atoms with E-state index in [1.165, 1.54) is 0 Å². The molecular formula is C6H13NO2. The molecule has 54 valence electrons. The van der Waals surface area contributed by atoms with Crippen molar-refractivity contribution in [1.29, 1.82) is 0 Å². The second-order valence-electron chi connectivity index (χ2n) is 1.78. The fourth-order valence-corrected chi connectivity index (χ4v) is 0.504. The first kappa shape index (κ1) is 8.59. The Hall–Kier alpha value is -0.410. The van der Waals surface area contributed by atoms with Gasteiger partial charge in [0.05, 0.1) is 0 Å². The number of hydrogen-bond donors (Lipinski definition) is 1. The van der Waals surface area contributed by atoms with E-state index in [1.54, 1.807) is 7.05 Å². The van der Waals surface area contributed by atoms with Gasteiger partial charge in [-0.1, -0.05) is 6.92 Å². The fourth-order valence-electron chi connectivity index (χ4n) is 0.504. The summed E-state index contributed by atoms with van der Waals surface area (Å²) < 4.78 is 0. The third-order valence-corrected chi connectivity index (χ3v) is 0.906. The summed E-state index contributed by atoms with van der Waals surface area (Å²) in [5, 5.41) is 0. The van der Waals surface area contributed by atoms with Gasteiger partial charge in [-0.3, -0.25) is 9.63 Å². The van der Waals surface area contributed by atoms with Crippen LogP contribution in [0.5, 0.6) is 0 Å². The van der Waals surface area contributed by atoms with Gasteiger partial charge in [-0.05, 0) is 6.42 Å². The van der Waals surface area contributed by atoms with Crippen LogP contribution in [0.15, 0.2) is 0 Å². The monoisotopic (exact) mass is 131 g/mol. The number of ketones is 1. The zero-order chi connectivity index (χ0) is 7.11. The lowest BCUT2D eigenvalue weighted by atomic mass is 10.2. The van der Waals surface area contributed by atoms with Crippen LogP contribution in [0.4, 0.5) is 0 Å². The van der Waals surface area contributed by atoms with Crippen molar-refractivity contribution in [2.24, 2.45) is 0 Å². The van der Waals surface area contributed by atoms with Crippen molar-refractivity contribution in [2.45, 2.75) is 19.8 Å². The van der Waals surface area contributed by atoms with E-state index in [-0.39, 0.29) is 12.4 Å². The van der Waals surface area contributed by atoms with Crippen LogP contribution < -0.4 is 5.48 Å². The van der Waals surface area contributed by atoms with Crippen LogP contribution in [-0.2, 0) is 9.63 Å². The molecule has 0 unspecified atom stereocenters. The van der Waals surface area contributed by atoms with E-state index in [1.807, 2.05) is 6.92 Å². The van der Waals surface area contributed by atoms with Crippen molar-refractivity contribution in [3.63, 3.8) is 0 Å². The Kier molecular flexibility index (Phi) is 5.46. The van der Waals surface area contributed by atoms with Gasteiger partial charge in [-0.2, -0.15) is 0 Å². The number of nitrogens with one attached hydrogen (secondary N) is 1. The Morgan fingerprint density at radius 2 is 2.33 bits per heavy atom. The van der Waals surface area contributed by atoms with Gasteiger partial charge in [0, 0.05) is 13.5 Å². The highest BCUT2D eigenvalue weighted by molar-refractivity contribution is 5.79. The molecule has 0 spiro atoms. The largest absolute Gasteiger partial charge is 0.297 e. The number of hydrogen-bond acceptors (Lipinski definition) is 3. The third-order valence-electron chi connectivity index (χ3n) is 0.906. The molecule has 0 aromatic rings. The van der Waals surface area contributed by atoms with Crippen molar-refractivity contribution >= 4 is 5.78 Å². The first-order valence-electron chi connectivity index (χ1n) is 3.11. The molecular weight excluding hydrogens is 118 g/mol. The highest BCUT2D eigenvalue weighted by Crippen LogP contribution is 1.87. The maximum absolute atomic E-state index is 10.6. The molecule has 0 aliphatic heterocycles. The van der Waals surface area contributed by atoms with E-state index < -0.39 is 0 Å². The second kappa shape index (κ2) is 5.72. The maximum Gasteiger partial charge on any atom is 0.160 e. The Labute approximate surface area is 55.3 Å². The van der Waals surface area contributed by atoms with Crippen molar-refractivity contribution < 1.29 is 9.63 Å². The van der Waals surface area contributed by atoms with Crippen LogP contribution in [0.2, 0.25) is 0 Å². The van der Waals surface area contributed by atoms with Crippen molar-refractivity contribution in [3.05, 3.63) is 0 Å². The molecule has 0 amide bonds. The summed E-state index contributed by atoms with van der Waals surface area (Å²) in [6.45, 7) is 2.15. The van der Waals surface area contributed by atoms with Gasteiger partial charge >= 0.3 is 0 Å². The summed E-state index contributed by atoms with van der Waals surface area (Å²) in [6.07, 6.45) is 1.51. The second-order valence-corrected chi connectivity index (χ2v) is 1.78. The molecule has 0 bridgehead atoms. The SMILES string of the molecule is CCCC(=O)CONC. The van der Waals surface area contributed by atoms with Crippen LogP contribution in [0, 0.1) is 0 Å². The van der Waals surface area contributed by atoms with Crippen molar-refractivity contribution in [1.82, 2.24) is 5.48 Å². The third kappa shape index (κ3) is 5.46. The summed E-state index contributed by atoms with van der Waals surface area (Å²) in [4.78, 5) is 15.3. The molecule has 0 fully saturated rings. The minimum atomic E-state index is 0.145. The van der Waals surface area contributed by atoms with E-state index in [0.717, 1.165) is 6.42 Å². The first-order valence-corrected chi connectivity index (χ1v) is 3.11. The van der Waals surface area contributed by atoms with E-state index in [4.69, 9.17) is 0 Å². The molecule has 0 heterocycles. The maximum atomic E-state index is 10.6. The van der Waals surface area contributed by atoms with Gasteiger partial charge < -0.3 is 0 Å². The van der Waals surface area contributed by atoms with Crippen molar-refractivity contribution in [2.75, 3.05) is 13.7 Å². The van der Waals surface area contributed by atoms with E-state index in [0.29, 0.717) is 6.42 Å². The van der Waals surface area contributed by atoms with Crippen LogP contribution in [-0.4, -0.2) is 19.4 Å². The zero-order valence-corrected chi connectivity index (χ0v) is 5.94. The molecule has 0 saturated heterocycles. The number of rotatable bonds is 5. The minimum Gasteiger partial charge on any atom is -0.297 e. The number of carbonyl (C=O) groups excluding carboxylic acids is 1. The minimum absolute atomic E-state index is 0.145. The Morgan fingerprint density at radius 1 is 1.67 bits per heavy atom. The lowest BCUT2D eigenvalue weighted by Gasteiger charge is -1.97. The van der Waals surface area contributed by atoms with Crippen LogP contribution in [0.3, 0.4) is 0 Å². The molecule has 1 N–H and O–H groups in total. The Bertz CT molecular complexity index is 83.1. The lowest BCUT2D eigenvalue weighted by molar-refractivity contribution is -0.125. The van der Waals surface area contributed by atoms with Crippen LogP contribution in [0.25, 0.3) is 0 Å². The Balaban J connectivity index is 3.06. The Morgan fingerprint density at radius 3 is 2.78 bits per heavy atom. The van der Waals surface area contributed by atoms with Gasteiger partial charge in [0.1, 0.15) is 6.61 Å². The van der Waals surface area contributed by atoms with Gasteiger partial charge in [0.15, 0.2) is 5.78 Å². The molecule has 0 aromatic heterocycles. The van der Waals surface area contributed by atoms with Gasteiger partial charge in [0.2, 0.25) is 0 Å². The average Bonchev–Trinajstić information content (AvgIpc) is 1.85. The fraction of sp³-hybridized carbons (Fsp3) is 0.833. The highest BCUT2D eigenvalue weighted by Gasteiger charge is 1.97. The van der Waals surface area contributed by atoms with Gasteiger partial charge in [0.25, 0.3) is 0 Å². The molecule has 0 aliphatic carbocycles. The number of hydroxylamine groups is 1. The molecule has 0 radical (unpaired) electrons. The molecule has 3 nitrogen and oxygen atoms in total. The molecule has 3 heteroatoms. The molecule has 0 aromatic carbocycles. The molecule has 0 saturated carbocycles. The highest BCUT2D eigenvalue weighted by atomic mass is 16.6. The topological polar surface area (TPSA) is 38.3 Å². The average molecular weight is 131 g/mol. The van der Waals surface area contributed by atoms with E-state index >= 15 is 0 Å². The van der Waals surface area contributed by atoms with Gasteiger partial charge in [-0.15, -0.1) is 0 Å². The van der Waals surface area contributed by atoms with Gasteiger partial charge in [-0.25, -0.2) is 5.48 Å². The van der Waals surface area contributed by atoms with Crippen LogP contribution in [0.1, 0.15) is 19.8 Å². The number of Topliss-reactive ketones (excluding diaryl/α,β-unsaturated/α-hetero) is 1. The zero-order valence-electron chi connectivity index (χ0n) is 5.94. The standard InChI is InChI=1S/C6H13NO2/c1-3-4-6(8)5-9-7-2/h7H,3-5H2,1-2H3. The quantitative estimate of drug-likeness (QED) is 0.552. The summed E-state index contributed by atoms with van der Waals surface area (Å²) in [6, 6.07) is 0. The summed E-state index contributed by atoms with van der Waals surface area (Å²) >= 11 is 0. The van der Waals surface area contributed by atoms with Crippen molar-refractivity contribution in [3.8, 4) is 0 Å². The summed E-state index contributed by atoms with van der Waals surface area (Å²) in [7, 11) is 1.64. The number of carbonyl (C=O) groups is 1. The molecule has 0 rings (SSSR count). The lowest BCUT2D eigenvalue weighted by Crippen LogP contribution is -2.15. The summed E-state index contributed by atoms with van der Waals surface area (Å²) in [5.41, 5.74) is 2.44. The van der Waals surface area contributed by atoms with E-state index in [9.17, 15) is 4.79 Å². The molecule has 0 aliphatic rings. The molecule has 9 heavy (non-hydrogen) atoms. The predicted octanol–water partition coefficient (Wildman–Crippen LogP) is 0.507. The van der Waals surface area contributed by atoms with E-state index in [2.05, 4.69) is 10.3 Å².